The first-order valence-corrected chi connectivity index (χ1v) is 6.43. The second-order valence-corrected chi connectivity index (χ2v) is 4.43. The van der Waals surface area contributed by atoms with Gasteiger partial charge in [-0.05, 0) is 17.7 Å². The minimum Gasteiger partial charge on any atom is -0.378 e. The van der Waals surface area contributed by atoms with Crippen molar-refractivity contribution in [2.75, 3.05) is 26.3 Å². The van der Waals surface area contributed by atoms with Gasteiger partial charge in [0.1, 0.15) is 5.70 Å². The minimum absolute atomic E-state index is 0.202. The Bertz CT molecular complexity index is 508. The van der Waals surface area contributed by atoms with E-state index in [4.69, 9.17) is 4.74 Å². The van der Waals surface area contributed by atoms with Gasteiger partial charge in [0.25, 0.3) is 5.91 Å². The summed E-state index contributed by atoms with van der Waals surface area (Å²) in [4.78, 5) is 29.3. The average Bonchev–Trinajstić information content (AvgIpc) is 2.47. The lowest BCUT2D eigenvalue weighted by molar-refractivity contribution is -0.132. The Kier molecular flexibility index (Phi) is 4.84. The van der Waals surface area contributed by atoms with E-state index in [1.165, 1.54) is 6.92 Å². The Morgan fingerprint density at radius 3 is 2.75 bits per heavy atom. The number of morpholine rings is 1. The van der Waals surface area contributed by atoms with Crippen LogP contribution in [0.5, 0.6) is 0 Å². The monoisotopic (exact) mass is 275 g/mol. The maximum atomic E-state index is 12.4. The molecule has 0 aliphatic carbocycles. The second kappa shape index (κ2) is 6.81. The number of ether oxygens (including phenoxy) is 1. The summed E-state index contributed by atoms with van der Waals surface area (Å²) in [5.74, 6) is -0.478. The predicted molar refractivity (Wildman–Crippen MR) is 73.4 cm³/mol. The van der Waals surface area contributed by atoms with Crippen LogP contribution in [-0.2, 0) is 14.3 Å². The molecule has 1 aliphatic heterocycles. The largest absolute Gasteiger partial charge is 0.378 e. The zero-order valence-electron chi connectivity index (χ0n) is 11.3. The molecule has 2 rings (SSSR count). The number of nitrogens with one attached hydrogen (secondary N) is 1. The Morgan fingerprint density at radius 1 is 1.40 bits per heavy atom. The van der Waals surface area contributed by atoms with Gasteiger partial charge < -0.3 is 15.0 Å². The molecule has 0 bridgehead atoms. The highest BCUT2D eigenvalue weighted by atomic mass is 16.5. The Labute approximate surface area is 117 Å². The van der Waals surface area contributed by atoms with Gasteiger partial charge in [-0.2, -0.15) is 0 Å². The maximum absolute atomic E-state index is 12.4. The summed E-state index contributed by atoms with van der Waals surface area (Å²) >= 11 is 0. The second-order valence-electron chi connectivity index (χ2n) is 4.43. The van der Waals surface area contributed by atoms with E-state index in [9.17, 15) is 9.59 Å². The molecular formula is C14H17N3O3. The topological polar surface area (TPSA) is 71.5 Å². The highest BCUT2D eigenvalue weighted by Gasteiger charge is 2.21. The van der Waals surface area contributed by atoms with E-state index >= 15 is 0 Å². The van der Waals surface area contributed by atoms with Crippen molar-refractivity contribution in [3.63, 3.8) is 0 Å². The van der Waals surface area contributed by atoms with E-state index in [0.29, 0.717) is 26.3 Å². The summed E-state index contributed by atoms with van der Waals surface area (Å²) in [6.45, 7) is 3.48. The summed E-state index contributed by atoms with van der Waals surface area (Å²) in [6.07, 6.45) is 4.92. The lowest BCUT2D eigenvalue weighted by Crippen LogP contribution is -2.44. The number of hydrogen-bond acceptors (Lipinski definition) is 4. The zero-order chi connectivity index (χ0) is 14.4. The standard InChI is InChI=1S/C14H17N3O3/c1-11(18)16-13(9-12-3-2-4-15-10-12)14(19)17-5-7-20-8-6-17/h2-4,9-10H,5-8H2,1H3,(H,16,18)/b13-9+. The molecular weight excluding hydrogens is 258 g/mol. The molecule has 1 saturated heterocycles. The number of amides is 2. The van der Waals surface area contributed by atoms with E-state index in [-0.39, 0.29) is 17.5 Å². The molecule has 1 aromatic rings. The molecule has 0 spiro atoms. The van der Waals surface area contributed by atoms with Crippen molar-refractivity contribution in [1.29, 1.82) is 0 Å². The van der Waals surface area contributed by atoms with E-state index in [0.717, 1.165) is 5.56 Å². The molecule has 1 fully saturated rings. The Hall–Kier alpha value is -2.21. The van der Waals surface area contributed by atoms with Crippen molar-refractivity contribution < 1.29 is 14.3 Å². The molecule has 0 radical (unpaired) electrons. The first-order chi connectivity index (χ1) is 9.66. The number of aromatic nitrogens is 1. The lowest BCUT2D eigenvalue weighted by Gasteiger charge is -2.27. The number of carbonyl (C=O) groups excluding carboxylic acids is 2. The van der Waals surface area contributed by atoms with Gasteiger partial charge in [-0.3, -0.25) is 14.6 Å². The van der Waals surface area contributed by atoms with Gasteiger partial charge in [0.2, 0.25) is 5.91 Å². The molecule has 0 aromatic carbocycles. The van der Waals surface area contributed by atoms with Gasteiger partial charge in [0.15, 0.2) is 0 Å². The van der Waals surface area contributed by atoms with Crippen molar-refractivity contribution in [3.05, 3.63) is 35.8 Å². The van der Waals surface area contributed by atoms with Gasteiger partial charge in [-0.1, -0.05) is 6.07 Å². The third kappa shape index (κ3) is 3.89. The number of carbonyl (C=O) groups is 2. The van der Waals surface area contributed by atoms with Crippen molar-refractivity contribution in [2.24, 2.45) is 0 Å². The van der Waals surface area contributed by atoms with Gasteiger partial charge in [0.05, 0.1) is 13.2 Å². The van der Waals surface area contributed by atoms with Crippen LogP contribution < -0.4 is 5.32 Å². The smallest absolute Gasteiger partial charge is 0.270 e. The number of pyridine rings is 1. The third-order valence-corrected chi connectivity index (χ3v) is 2.83. The van der Waals surface area contributed by atoms with Crippen molar-refractivity contribution in [3.8, 4) is 0 Å². The maximum Gasteiger partial charge on any atom is 0.270 e. The molecule has 20 heavy (non-hydrogen) atoms. The fourth-order valence-electron chi connectivity index (χ4n) is 1.91. The molecule has 1 aliphatic rings. The van der Waals surface area contributed by atoms with Crippen LogP contribution in [0.4, 0.5) is 0 Å². The van der Waals surface area contributed by atoms with E-state index in [2.05, 4.69) is 10.3 Å². The number of hydrogen-bond donors (Lipinski definition) is 1. The predicted octanol–water partition coefficient (Wildman–Crippen LogP) is 0.417. The fraction of sp³-hybridized carbons (Fsp3) is 0.357. The molecule has 1 aromatic heterocycles. The van der Waals surface area contributed by atoms with E-state index in [1.54, 1.807) is 29.4 Å². The normalized spacial score (nSPS) is 15.8. The van der Waals surface area contributed by atoms with Crippen LogP contribution in [0.2, 0.25) is 0 Å². The van der Waals surface area contributed by atoms with Crippen LogP contribution in [-0.4, -0.2) is 48.0 Å². The molecule has 6 nitrogen and oxygen atoms in total. The quantitative estimate of drug-likeness (QED) is 0.811. The average molecular weight is 275 g/mol. The first kappa shape index (κ1) is 14.2. The number of nitrogens with zero attached hydrogens (tertiary/aromatic N) is 2. The molecule has 1 N–H and O–H groups in total. The Balaban J connectivity index is 2.20. The Morgan fingerprint density at radius 2 is 2.15 bits per heavy atom. The SMILES string of the molecule is CC(=O)N/C(=C/c1cccnc1)C(=O)N1CCOCC1. The highest BCUT2D eigenvalue weighted by Crippen LogP contribution is 2.08. The molecule has 0 saturated carbocycles. The van der Waals surface area contributed by atoms with Gasteiger partial charge in [-0.25, -0.2) is 0 Å². The molecule has 0 atom stereocenters. The molecule has 106 valence electrons. The van der Waals surface area contributed by atoms with Crippen molar-refractivity contribution >= 4 is 17.9 Å². The van der Waals surface area contributed by atoms with Crippen molar-refractivity contribution in [1.82, 2.24) is 15.2 Å². The van der Waals surface area contributed by atoms with Crippen LogP contribution in [0.25, 0.3) is 6.08 Å². The third-order valence-electron chi connectivity index (χ3n) is 2.83. The fourth-order valence-corrected chi connectivity index (χ4v) is 1.91. The summed E-state index contributed by atoms with van der Waals surface area (Å²) in [5, 5.41) is 2.59. The van der Waals surface area contributed by atoms with Crippen LogP contribution in [0.15, 0.2) is 30.2 Å². The highest BCUT2D eigenvalue weighted by molar-refractivity contribution is 6.00. The minimum atomic E-state index is -0.276. The van der Waals surface area contributed by atoms with Crippen molar-refractivity contribution in [2.45, 2.75) is 6.92 Å². The summed E-state index contributed by atoms with van der Waals surface area (Å²) in [6, 6.07) is 3.60. The number of rotatable bonds is 3. The van der Waals surface area contributed by atoms with E-state index < -0.39 is 0 Å². The molecule has 6 heteroatoms. The summed E-state index contributed by atoms with van der Waals surface area (Å²) in [7, 11) is 0. The van der Waals surface area contributed by atoms with Crippen LogP contribution >= 0.6 is 0 Å². The summed E-state index contributed by atoms with van der Waals surface area (Å²) in [5.41, 5.74) is 1.02. The van der Waals surface area contributed by atoms with E-state index in [1.807, 2.05) is 6.07 Å². The zero-order valence-corrected chi connectivity index (χ0v) is 11.3. The molecule has 2 heterocycles. The summed E-state index contributed by atoms with van der Waals surface area (Å²) < 4.78 is 5.22. The van der Waals surface area contributed by atoms with Gasteiger partial charge in [-0.15, -0.1) is 0 Å². The first-order valence-electron chi connectivity index (χ1n) is 6.43. The van der Waals surface area contributed by atoms with Crippen LogP contribution in [0.3, 0.4) is 0 Å². The van der Waals surface area contributed by atoms with Gasteiger partial charge >= 0.3 is 0 Å². The molecule has 2 amide bonds. The molecule has 0 unspecified atom stereocenters. The lowest BCUT2D eigenvalue weighted by atomic mass is 10.2. The van der Waals surface area contributed by atoms with Crippen LogP contribution in [0, 0.1) is 0 Å². The van der Waals surface area contributed by atoms with Gasteiger partial charge in [0, 0.05) is 32.4 Å². The van der Waals surface area contributed by atoms with Crippen LogP contribution in [0.1, 0.15) is 12.5 Å².